The van der Waals surface area contributed by atoms with E-state index < -0.39 is 42.3 Å². The van der Waals surface area contributed by atoms with Crippen molar-refractivity contribution >= 4 is 11.9 Å². The summed E-state index contributed by atoms with van der Waals surface area (Å²) in [6.45, 7) is 3.87. The van der Waals surface area contributed by atoms with Crippen molar-refractivity contribution in [2.45, 2.75) is 116 Å². The second-order valence-corrected chi connectivity index (χ2v) is 8.94. The molecule has 0 saturated heterocycles. The Morgan fingerprint density at radius 1 is 0.935 bits per heavy atom. The average Bonchev–Trinajstić information content (AvgIpc) is 3.01. The number of unbranched alkanes of at least 4 members (excludes halogenated alkanes) is 11. The van der Waals surface area contributed by atoms with Gasteiger partial charge in [0.05, 0.1) is 6.61 Å². The molecular weight excluding hydrogens is 400 g/mol. The van der Waals surface area contributed by atoms with Crippen LogP contribution in [0.4, 0.5) is 0 Å². The van der Waals surface area contributed by atoms with Gasteiger partial charge in [-0.1, -0.05) is 90.9 Å². The molecule has 180 valence electrons. The highest BCUT2D eigenvalue weighted by Crippen LogP contribution is 2.24. The largest absolute Gasteiger partial charge is 0.505 e. The molecular formula is C24H42O7. The quantitative estimate of drug-likeness (QED) is 0.208. The minimum atomic E-state index is -1.46. The molecule has 0 bridgehead atoms. The van der Waals surface area contributed by atoms with Crippen LogP contribution in [0.15, 0.2) is 11.5 Å². The third-order valence-electron chi connectivity index (χ3n) is 5.59. The van der Waals surface area contributed by atoms with E-state index in [0.29, 0.717) is 6.42 Å². The number of aliphatic hydroxyl groups excluding tert-OH is 3. The zero-order valence-corrected chi connectivity index (χ0v) is 19.3. The minimum absolute atomic E-state index is 0.147. The summed E-state index contributed by atoms with van der Waals surface area (Å²) in [6.07, 6.45) is 13.0. The van der Waals surface area contributed by atoms with E-state index in [1.165, 1.54) is 57.8 Å². The Labute approximate surface area is 186 Å². The lowest BCUT2D eigenvalue weighted by molar-refractivity contribution is -0.153. The summed E-state index contributed by atoms with van der Waals surface area (Å²) >= 11 is 0. The van der Waals surface area contributed by atoms with Crippen LogP contribution in [0, 0.1) is 5.92 Å². The van der Waals surface area contributed by atoms with Gasteiger partial charge in [0, 0.05) is 6.42 Å². The fourth-order valence-electron chi connectivity index (χ4n) is 3.66. The highest BCUT2D eigenvalue weighted by molar-refractivity contribution is 5.92. The van der Waals surface area contributed by atoms with Crippen LogP contribution >= 0.6 is 0 Å². The first-order valence-corrected chi connectivity index (χ1v) is 12.0. The molecule has 1 rings (SSSR count). The zero-order valence-electron chi connectivity index (χ0n) is 19.3. The first-order chi connectivity index (χ1) is 14.9. The molecule has 0 saturated carbocycles. The first-order valence-electron chi connectivity index (χ1n) is 12.0. The normalized spacial score (nSPS) is 17.3. The van der Waals surface area contributed by atoms with Gasteiger partial charge in [0.15, 0.2) is 11.9 Å². The van der Waals surface area contributed by atoms with Gasteiger partial charge < -0.3 is 24.8 Å². The molecule has 1 aliphatic rings. The van der Waals surface area contributed by atoms with Gasteiger partial charge in [0.25, 0.3) is 5.76 Å². The van der Waals surface area contributed by atoms with Gasteiger partial charge in [-0.2, -0.15) is 0 Å². The van der Waals surface area contributed by atoms with Crippen molar-refractivity contribution < 1.29 is 34.4 Å². The Bertz CT molecular complexity index is 556. The van der Waals surface area contributed by atoms with Crippen LogP contribution in [0.25, 0.3) is 0 Å². The van der Waals surface area contributed by atoms with Crippen LogP contribution in [-0.2, 0) is 19.1 Å². The van der Waals surface area contributed by atoms with Gasteiger partial charge in [-0.05, 0) is 12.3 Å². The van der Waals surface area contributed by atoms with E-state index in [1.807, 2.05) is 0 Å². The average molecular weight is 443 g/mol. The van der Waals surface area contributed by atoms with Crippen molar-refractivity contribution in [2.24, 2.45) is 5.92 Å². The minimum Gasteiger partial charge on any atom is -0.505 e. The molecule has 1 aliphatic heterocycles. The SMILES string of the molecule is CC(C)CCCCCCCCCCCCCCC(=O)OC1=C(O)[C@@H]([C@@H](O)CO)OC1=O. The predicted octanol–water partition coefficient (Wildman–Crippen LogP) is 4.70. The topological polar surface area (TPSA) is 113 Å². The summed E-state index contributed by atoms with van der Waals surface area (Å²) in [5.41, 5.74) is 0. The fraction of sp³-hybridized carbons (Fsp3) is 0.833. The van der Waals surface area contributed by atoms with Gasteiger partial charge in [0.1, 0.15) is 6.10 Å². The van der Waals surface area contributed by atoms with Gasteiger partial charge in [-0.25, -0.2) is 4.79 Å². The highest BCUT2D eigenvalue weighted by atomic mass is 16.6. The molecule has 1 heterocycles. The summed E-state index contributed by atoms with van der Waals surface area (Å²) in [7, 11) is 0. The lowest BCUT2D eigenvalue weighted by Gasteiger charge is -2.13. The molecule has 3 N–H and O–H groups in total. The number of hydrogen-bond acceptors (Lipinski definition) is 7. The number of cyclic esters (lactones) is 1. The standard InChI is InChI=1S/C24H42O7/c1-18(2)15-13-11-9-7-5-3-4-6-8-10-12-14-16-20(27)30-23-21(28)22(19(26)17-25)31-24(23)29/h18-19,22,25-26,28H,3-17H2,1-2H3/t19-,22+/m0/s1. The van der Waals surface area contributed by atoms with Crippen LogP contribution < -0.4 is 0 Å². The number of carbonyl (C=O) groups excluding carboxylic acids is 2. The van der Waals surface area contributed by atoms with Crippen LogP contribution in [0.3, 0.4) is 0 Å². The van der Waals surface area contributed by atoms with E-state index in [1.54, 1.807) is 0 Å². The molecule has 0 unspecified atom stereocenters. The van der Waals surface area contributed by atoms with Gasteiger partial charge in [-0.3, -0.25) is 4.79 Å². The number of aliphatic hydroxyl groups is 3. The number of esters is 2. The van der Waals surface area contributed by atoms with Crippen molar-refractivity contribution in [3.05, 3.63) is 11.5 Å². The van der Waals surface area contributed by atoms with Crippen LogP contribution in [0.2, 0.25) is 0 Å². The molecule has 0 aromatic rings. The van der Waals surface area contributed by atoms with Crippen molar-refractivity contribution in [2.75, 3.05) is 6.61 Å². The number of hydrogen-bond donors (Lipinski definition) is 3. The smallest absolute Gasteiger partial charge is 0.378 e. The Hall–Kier alpha value is -1.60. The van der Waals surface area contributed by atoms with Crippen molar-refractivity contribution in [3.63, 3.8) is 0 Å². The number of carbonyl (C=O) groups is 2. The summed E-state index contributed by atoms with van der Waals surface area (Å²) in [5.74, 6) is -2.06. The maximum absolute atomic E-state index is 11.9. The second-order valence-electron chi connectivity index (χ2n) is 8.94. The van der Waals surface area contributed by atoms with E-state index >= 15 is 0 Å². The monoisotopic (exact) mass is 442 g/mol. The van der Waals surface area contributed by atoms with E-state index in [0.717, 1.165) is 25.2 Å². The molecule has 2 atom stereocenters. The van der Waals surface area contributed by atoms with Crippen molar-refractivity contribution in [1.29, 1.82) is 0 Å². The lowest BCUT2D eigenvalue weighted by atomic mass is 10.0. The molecule has 7 heteroatoms. The van der Waals surface area contributed by atoms with Crippen LogP contribution in [-0.4, -0.2) is 46.1 Å². The third-order valence-corrected chi connectivity index (χ3v) is 5.59. The number of rotatable bonds is 18. The lowest BCUT2D eigenvalue weighted by Crippen LogP contribution is -2.31. The maximum Gasteiger partial charge on any atom is 0.378 e. The highest BCUT2D eigenvalue weighted by Gasteiger charge is 2.41. The first kappa shape index (κ1) is 27.4. The third kappa shape index (κ3) is 11.5. The molecule has 7 nitrogen and oxygen atoms in total. The predicted molar refractivity (Wildman–Crippen MR) is 118 cm³/mol. The van der Waals surface area contributed by atoms with Gasteiger partial charge in [-0.15, -0.1) is 0 Å². The molecule has 31 heavy (non-hydrogen) atoms. The van der Waals surface area contributed by atoms with E-state index in [-0.39, 0.29) is 6.42 Å². The van der Waals surface area contributed by atoms with E-state index in [2.05, 4.69) is 13.8 Å². The fourth-order valence-corrected chi connectivity index (χ4v) is 3.66. The maximum atomic E-state index is 11.9. The second kappa shape index (κ2) is 16.1. The van der Waals surface area contributed by atoms with Crippen molar-refractivity contribution in [3.8, 4) is 0 Å². The molecule has 0 aromatic heterocycles. The summed E-state index contributed by atoms with van der Waals surface area (Å²) < 4.78 is 9.62. The molecule has 0 amide bonds. The zero-order chi connectivity index (χ0) is 23.1. The summed E-state index contributed by atoms with van der Waals surface area (Å²) in [6, 6.07) is 0. The number of ether oxygens (including phenoxy) is 2. The molecule has 0 spiro atoms. The molecule has 0 radical (unpaired) electrons. The Morgan fingerprint density at radius 2 is 1.42 bits per heavy atom. The molecule has 0 aromatic carbocycles. The molecule has 0 aliphatic carbocycles. The Kier molecular flexibility index (Phi) is 14.2. The van der Waals surface area contributed by atoms with Gasteiger partial charge >= 0.3 is 11.9 Å². The Balaban J connectivity index is 1.99. The Morgan fingerprint density at radius 3 is 1.90 bits per heavy atom. The molecule has 0 fully saturated rings. The van der Waals surface area contributed by atoms with Crippen molar-refractivity contribution in [1.82, 2.24) is 0 Å². The van der Waals surface area contributed by atoms with E-state index in [9.17, 15) is 19.8 Å². The van der Waals surface area contributed by atoms with Crippen LogP contribution in [0.1, 0.15) is 104 Å². The van der Waals surface area contributed by atoms with E-state index in [4.69, 9.17) is 14.6 Å². The summed E-state index contributed by atoms with van der Waals surface area (Å²) in [5, 5.41) is 28.2. The van der Waals surface area contributed by atoms with Gasteiger partial charge in [0.2, 0.25) is 0 Å². The summed E-state index contributed by atoms with van der Waals surface area (Å²) in [4.78, 5) is 23.5. The van der Waals surface area contributed by atoms with Crippen LogP contribution in [0.5, 0.6) is 0 Å².